The Morgan fingerprint density at radius 2 is 2.29 bits per heavy atom. The van der Waals surface area contributed by atoms with Crippen LogP contribution in [0, 0.1) is 23.2 Å². The average molecular weight is 196 g/mol. The van der Waals surface area contributed by atoms with Gasteiger partial charge in [0.15, 0.2) is 0 Å². The molecule has 1 saturated carbocycles. The van der Waals surface area contributed by atoms with Gasteiger partial charge in [0.2, 0.25) is 0 Å². The number of allylic oxidation sites excluding steroid dienone is 1. The van der Waals surface area contributed by atoms with Crippen molar-refractivity contribution in [2.75, 3.05) is 13.4 Å². The van der Waals surface area contributed by atoms with Crippen LogP contribution in [0.15, 0.2) is 11.6 Å². The number of hydrogen-bond donors (Lipinski definition) is 1. The van der Waals surface area contributed by atoms with E-state index in [1.54, 1.807) is 0 Å². The minimum atomic E-state index is -0.152. The lowest BCUT2D eigenvalue weighted by Crippen LogP contribution is -2.15. The quantitative estimate of drug-likeness (QED) is 0.554. The number of ether oxygens (including phenoxy) is 1. The molecule has 3 atom stereocenters. The highest BCUT2D eigenvalue weighted by molar-refractivity contribution is 5.24. The summed E-state index contributed by atoms with van der Waals surface area (Å²) >= 11 is 0. The highest BCUT2D eigenvalue weighted by Crippen LogP contribution is 2.64. The lowest BCUT2D eigenvalue weighted by Gasteiger charge is -2.20. The molecular weight excluding hydrogens is 176 g/mol. The summed E-state index contributed by atoms with van der Waals surface area (Å²) in [6, 6.07) is 0. The highest BCUT2D eigenvalue weighted by atomic mass is 16.6. The molecule has 0 spiro atoms. The van der Waals surface area contributed by atoms with E-state index in [1.807, 2.05) is 0 Å². The van der Waals surface area contributed by atoms with Crippen molar-refractivity contribution >= 4 is 0 Å². The van der Waals surface area contributed by atoms with Gasteiger partial charge < -0.3 is 9.84 Å². The molecule has 0 amide bonds. The second-order valence-corrected chi connectivity index (χ2v) is 5.30. The maximum absolute atomic E-state index is 8.62. The van der Waals surface area contributed by atoms with Crippen LogP contribution >= 0.6 is 0 Å². The van der Waals surface area contributed by atoms with Gasteiger partial charge in [-0.25, -0.2) is 0 Å². The molecule has 1 N–H and O–H groups in total. The van der Waals surface area contributed by atoms with Crippen molar-refractivity contribution in [2.45, 2.75) is 27.2 Å². The molecule has 2 aliphatic rings. The van der Waals surface area contributed by atoms with Gasteiger partial charge in [-0.3, -0.25) is 0 Å². The minimum absolute atomic E-state index is 0.152. The Balaban J connectivity index is 1.98. The predicted molar refractivity (Wildman–Crippen MR) is 55.7 cm³/mol. The largest absolute Gasteiger partial charge is 0.371 e. The molecule has 0 aromatic heterocycles. The predicted octanol–water partition coefficient (Wildman–Crippen LogP) is 2.19. The van der Waals surface area contributed by atoms with E-state index in [0.717, 1.165) is 11.8 Å². The summed E-state index contributed by atoms with van der Waals surface area (Å²) in [5.41, 5.74) is 1.96. The third-order valence-corrected chi connectivity index (χ3v) is 4.17. The molecule has 0 bridgehead atoms. The maximum Gasteiger partial charge on any atom is 0.143 e. The Hall–Kier alpha value is -0.340. The van der Waals surface area contributed by atoms with Crippen LogP contribution in [0.25, 0.3) is 0 Å². The Morgan fingerprint density at radius 3 is 2.93 bits per heavy atom. The van der Waals surface area contributed by atoms with Gasteiger partial charge in [-0.2, -0.15) is 0 Å². The third-order valence-electron chi connectivity index (χ3n) is 4.17. The van der Waals surface area contributed by atoms with Crippen LogP contribution in [0.4, 0.5) is 0 Å². The summed E-state index contributed by atoms with van der Waals surface area (Å²) in [6.45, 7) is 7.41. The van der Waals surface area contributed by atoms with E-state index in [-0.39, 0.29) is 6.79 Å². The van der Waals surface area contributed by atoms with Crippen molar-refractivity contribution in [3.63, 3.8) is 0 Å². The first-order valence-electron chi connectivity index (χ1n) is 5.44. The molecule has 2 rings (SSSR count). The van der Waals surface area contributed by atoms with Gasteiger partial charge in [-0.15, -0.1) is 0 Å². The Morgan fingerprint density at radius 1 is 1.57 bits per heavy atom. The molecule has 0 aromatic rings. The molecule has 80 valence electrons. The topological polar surface area (TPSA) is 29.5 Å². The third kappa shape index (κ3) is 1.51. The van der Waals surface area contributed by atoms with Crippen molar-refractivity contribution in [1.29, 1.82) is 0 Å². The summed E-state index contributed by atoms with van der Waals surface area (Å²) in [4.78, 5) is 0. The first-order valence-corrected chi connectivity index (χ1v) is 5.44. The molecule has 2 aliphatic carbocycles. The second kappa shape index (κ2) is 3.35. The van der Waals surface area contributed by atoms with E-state index in [9.17, 15) is 0 Å². The van der Waals surface area contributed by atoms with E-state index in [0.29, 0.717) is 17.9 Å². The lowest BCUT2D eigenvalue weighted by molar-refractivity contribution is -0.0152. The number of aliphatic hydroxyl groups is 1. The van der Waals surface area contributed by atoms with Crippen molar-refractivity contribution in [2.24, 2.45) is 23.2 Å². The number of rotatable bonds is 3. The molecule has 14 heavy (non-hydrogen) atoms. The number of hydrogen-bond acceptors (Lipinski definition) is 2. The normalized spacial score (nSPS) is 38.9. The molecule has 2 nitrogen and oxygen atoms in total. The minimum Gasteiger partial charge on any atom is -0.371 e. The average Bonchev–Trinajstić information content (AvgIpc) is 2.65. The van der Waals surface area contributed by atoms with Gasteiger partial charge in [0, 0.05) is 5.92 Å². The van der Waals surface area contributed by atoms with Crippen molar-refractivity contribution in [1.82, 2.24) is 0 Å². The Labute approximate surface area is 86.0 Å². The van der Waals surface area contributed by atoms with Crippen molar-refractivity contribution in [3.8, 4) is 0 Å². The van der Waals surface area contributed by atoms with Crippen LogP contribution in [0.3, 0.4) is 0 Å². The van der Waals surface area contributed by atoms with Gasteiger partial charge in [-0.1, -0.05) is 25.5 Å². The molecule has 3 unspecified atom stereocenters. The van der Waals surface area contributed by atoms with Gasteiger partial charge in [-0.05, 0) is 30.6 Å². The first kappa shape index (κ1) is 10.2. The summed E-state index contributed by atoms with van der Waals surface area (Å²) in [5, 5.41) is 8.62. The summed E-state index contributed by atoms with van der Waals surface area (Å²) < 4.78 is 5.09. The standard InChI is InChI=1S/C12H20O2/c1-8-4-10-11(12(10,2)3)5-9(8)6-14-7-13/h4,9-11,13H,5-7H2,1-3H3. The van der Waals surface area contributed by atoms with Crippen LogP contribution in [-0.4, -0.2) is 18.5 Å². The fraction of sp³-hybridized carbons (Fsp3) is 0.833. The SMILES string of the molecule is CC1=CC2C(CC1COCO)C2(C)C. The van der Waals surface area contributed by atoms with Crippen molar-refractivity contribution in [3.05, 3.63) is 11.6 Å². The zero-order valence-corrected chi connectivity index (χ0v) is 9.29. The first-order chi connectivity index (χ1) is 6.57. The van der Waals surface area contributed by atoms with Gasteiger partial charge in [0.25, 0.3) is 0 Å². The molecule has 0 saturated heterocycles. The van der Waals surface area contributed by atoms with E-state index in [2.05, 4.69) is 26.8 Å². The van der Waals surface area contributed by atoms with Gasteiger partial charge >= 0.3 is 0 Å². The summed E-state index contributed by atoms with van der Waals surface area (Å²) in [5.74, 6) is 2.18. The smallest absolute Gasteiger partial charge is 0.143 e. The molecule has 0 aliphatic heterocycles. The van der Waals surface area contributed by atoms with E-state index < -0.39 is 0 Å². The molecule has 1 fully saturated rings. The monoisotopic (exact) mass is 196 g/mol. The number of fused-ring (bicyclic) bond motifs is 1. The van der Waals surface area contributed by atoms with E-state index in [1.165, 1.54) is 12.0 Å². The summed E-state index contributed by atoms with van der Waals surface area (Å²) in [6.07, 6.45) is 3.65. The van der Waals surface area contributed by atoms with Gasteiger partial charge in [0.05, 0.1) is 6.61 Å². The van der Waals surface area contributed by atoms with E-state index >= 15 is 0 Å². The van der Waals surface area contributed by atoms with E-state index in [4.69, 9.17) is 9.84 Å². The van der Waals surface area contributed by atoms with Crippen LogP contribution in [-0.2, 0) is 4.74 Å². The van der Waals surface area contributed by atoms with Crippen molar-refractivity contribution < 1.29 is 9.84 Å². The zero-order valence-electron chi connectivity index (χ0n) is 9.29. The molecule has 0 radical (unpaired) electrons. The van der Waals surface area contributed by atoms with Crippen LogP contribution in [0.2, 0.25) is 0 Å². The fourth-order valence-corrected chi connectivity index (χ4v) is 2.87. The van der Waals surface area contributed by atoms with Crippen LogP contribution < -0.4 is 0 Å². The fourth-order valence-electron chi connectivity index (χ4n) is 2.87. The van der Waals surface area contributed by atoms with Gasteiger partial charge in [0.1, 0.15) is 6.79 Å². The molecule has 0 aromatic carbocycles. The Kier molecular flexibility index (Phi) is 2.44. The van der Waals surface area contributed by atoms with Crippen LogP contribution in [0.5, 0.6) is 0 Å². The highest BCUT2D eigenvalue weighted by Gasteiger charge is 2.58. The second-order valence-electron chi connectivity index (χ2n) is 5.30. The zero-order chi connectivity index (χ0) is 10.3. The molecule has 0 heterocycles. The molecule has 2 heteroatoms. The Bertz CT molecular complexity index is 255. The number of aliphatic hydroxyl groups excluding tert-OH is 1. The maximum atomic E-state index is 8.62. The lowest BCUT2D eigenvalue weighted by atomic mass is 9.89. The molecular formula is C12H20O2. The summed E-state index contributed by atoms with van der Waals surface area (Å²) in [7, 11) is 0. The van der Waals surface area contributed by atoms with Crippen LogP contribution in [0.1, 0.15) is 27.2 Å².